The molecule has 0 fully saturated rings. The first-order chi connectivity index (χ1) is 28.7. The van der Waals surface area contributed by atoms with Gasteiger partial charge in [-0.1, -0.05) is 188 Å². The third-order valence-electron chi connectivity index (χ3n) is 11.2. The average molecular weight is 738 g/mol. The highest BCUT2D eigenvalue weighted by atomic mass is 14.9. The van der Waals surface area contributed by atoms with Crippen molar-refractivity contribution in [2.24, 2.45) is 0 Å². The Hall–Kier alpha value is -7.75. The minimum atomic E-state index is 0.694. The van der Waals surface area contributed by atoms with Crippen molar-refractivity contribution in [2.75, 3.05) is 0 Å². The third kappa shape index (κ3) is 5.89. The maximum atomic E-state index is 5.36. The summed E-state index contributed by atoms with van der Waals surface area (Å²) in [4.78, 5) is 15.7. The standard InChI is InChI=1S/C55H35N3/c1-3-15-36(16-4-1)41-20-14-22-43(34-41)55-57-50(38-17-5-2-6-18-38)35-51(58-55)42-21-13-19-40(33-42)37-29-31-39(32-30-37)54-53-47-26-10-8-24-45(47)44-23-7-9-25-46(44)52(53)48-27-11-12-28-49(48)56-54/h1-35H. The summed E-state index contributed by atoms with van der Waals surface area (Å²) >= 11 is 0. The molecule has 58 heavy (non-hydrogen) atoms. The van der Waals surface area contributed by atoms with Gasteiger partial charge >= 0.3 is 0 Å². The van der Waals surface area contributed by atoms with Crippen LogP contribution in [0.25, 0.3) is 111 Å². The number of aromatic nitrogens is 3. The van der Waals surface area contributed by atoms with Crippen molar-refractivity contribution in [3.05, 3.63) is 212 Å². The average Bonchev–Trinajstić information content (AvgIpc) is 3.31. The van der Waals surface area contributed by atoms with Crippen molar-refractivity contribution < 1.29 is 0 Å². The van der Waals surface area contributed by atoms with Crippen LogP contribution in [-0.2, 0) is 0 Å². The number of fused-ring (bicyclic) bond motifs is 8. The minimum Gasteiger partial charge on any atom is -0.247 e. The predicted octanol–water partition coefficient (Wildman–Crippen LogP) is 14.5. The van der Waals surface area contributed by atoms with Crippen molar-refractivity contribution in [3.63, 3.8) is 0 Å². The Morgan fingerprint density at radius 1 is 0.241 bits per heavy atom. The van der Waals surface area contributed by atoms with Gasteiger partial charge in [0.05, 0.1) is 22.6 Å². The Bertz CT molecular complexity index is 3320. The molecule has 3 nitrogen and oxygen atoms in total. The van der Waals surface area contributed by atoms with Crippen molar-refractivity contribution in [1.82, 2.24) is 15.0 Å². The number of pyridine rings is 1. The van der Waals surface area contributed by atoms with Crippen LogP contribution >= 0.6 is 0 Å². The topological polar surface area (TPSA) is 38.7 Å². The van der Waals surface area contributed by atoms with Gasteiger partial charge in [0.15, 0.2) is 5.82 Å². The van der Waals surface area contributed by atoms with E-state index >= 15 is 0 Å². The minimum absolute atomic E-state index is 0.694. The maximum absolute atomic E-state index is 5.36. The van der Waals surface area contributed by atoms with Gasteiger partial charge in [0.1, 0.15) is 0 Å². The summed E-state index contributed by atoms with van der Waals surface area (Å²) in [5, 5.41) is 8.57. The van der Waals surface area contributed by atoms with E-state index in [-0.39, 0.29) is 0 Å². The number of nitrogens with zero attached hydrogens (tertiary/aromatic N) is 3. The zero-order valence-electron chi connectivity index (χ0n) is 31.5. The molecule has 270 valence electrons. The van der Waals surface area contributed by atoms with Gasteiger partial charge in [0, 0.05) is 38.4 Å². The van der Waals surface area contributed by atoms with E-state index in [1.807, 2.05) is 12.1 Å². The molecule has 0 saturated heterocycles. The number of benzene rings is 9. The molecule has 0 atom stereocenters. The van der Waals surface area contributed by atoms with E-state index in [0.717, 1.165) is 67.1 Å². The molecular formula is C55H35N3. The number of hydrogen-bond donors (Lipinski definition) is 0. The third-order valence-corrected chi connectivity index (χ3v) is 11.2. The largest absolute Gasteiger partial charge is 0.247 e. The fraction of sp³-hybridized carbons (Fsp3) is 0. The zero-order chi connectivity index (χ0) is 38.4. The molecular weight excluding hydrogens is 703 g/mol. The normalized spacial score (nSPS) is 11.4. The van der Waals surface area contributed by atoms with Crippen LogP contribution in [0.1, 0.15) is 0 Å². The first kappa shape index (κ1) is 33.6. The van der Waals surface area contributed by atoms with Crippen LogP contribution in [0.2, 0.25) is 0 Å². The van der Waals surface area contributed by atoms with E-state index in [2.05, 4.69) is 200 Å². The maximum Gasteiger partial charge on any atom is 0.160 e. The van der Waals surface area contributed by atoms with Crippen LogP contribution < -0.4 is 0 Å². The van der Waals surface area contributed by atoms with Crippen molar-refractivity contribution >= 4 is 43.2 Å². The van der Waals surface area contributed by atoms with E-state index in [4.69, 9.17) is 15.0 Å². The van der Waals surface area contributed by atoms with Gasteiger partial charge in [0.2, 0.25) is 0 Å². The van der Waals surface area contributed by atoms with Gasteiger partial charge < -0.3 is 0 Å². The molecule has 0 radical (unpaired) electrons. The Morgan fingerprint density at radius 3 is 1.36 bits per heavy atom. The molecule has 11 aromatic rings. The molecule has 3 heteroatoms. The molecule has 2 aromatic heterocycles. The van der Waals surface area contributed by atoms with Crippen LogP contribution in [0.4, 0.5) is 0 Å². The van der Waals surface area contributed by atoms with E-state index in [1.165, 1.54) is 37.7 Å². The van der Waals surface area contributed by atoms with Crippen molar-refractivity contribution in [1.29, 1.82) is 0 Å². The Morgan fingerprint density at radius 2 is 0.690 bits per heavy atom. The molecule has 0 unspecified atom stereocenters. The second-order valence-electron chi connectivity index (χ2n) is 14.8. The summed E-state index contributed by atoms with van der Waals surface area (Å²) in [5.74, 6) is 0.694. The van der Waals surface area contributed by atoms with Gasteiger partial charge in [-0.3, -0.25) is 0 Å². The van der Waals surface area contributed by atoms with Gasteiger partial charge in [0.25, 0.3) is 0 Å². The molecule has 0 aliphatic carbocycles. The molecule has 0 N–H and O–H groups in total. The Kier molecular flexibility index (Phi) is 8.15. The van der Waals surface area contributed by atoms with E-state index in [0.29, 0.717) is 5.82 Å². The summed E-state index contributed by atoms with van der Waals surface area (Å²) in [6, 6.07) is 75.0. The fourth-order valence-electron chi connectivity index (χ4n) is 8.46. The Labute approximate surface area is 336 Å². The molecule has 0 spiro atoms. The molecule has 0 amide bonds. The second kappa shape index (κ2) is 14.1. The summed E-state index contributed by atoms with van der Waals surface area (Å²) in [6.45, 7) is 0. The van der Waals surface area contributed by atoms with Gasteiger partial charge in [-0.05, 0) is 68.1 Å². The highest BCUT2D eigenvalue weighted by Gasteiger charge is 2.18. The number of hydrogen-bond acceptors (Lipinski definition) is 3. The highest BCUT2D eigenvalue weighted by molar-refractivity contribution is 6.33. The molecule has 0 bridgehead atoms. The zero-order valence-corrected chi connectivity index (χ0v) is 31.5. The monoisotopic (exact) mass is 737 g/mol. The molecule has 9 aromatic carbocycles. The highest BCUT2D eigenvalue weighted by Crippen LogP contribution is 2.43. The quantitative estimate of drug-likeness (QED) is 0.160. The predicted molar refractivity (Wildman–Crippen MR) is 242 cm³/mol. The van der Waals surface area contributed by atoms with Crippen molar-refractivity contribution in [3.8, 4) is 67.4 Å². The summed E-state index contributed by atoms with van der Waals surface area (Å²) < 4.78 is 0. The first-order valence-electron chi connectivity index (χ1n) is 19.7. The number of para-hydroxylation sites is 1. The number of rotatable bonds is 6. The fourth-order valence-corrected chi connectivity index (χ4v) is 8.46. The Balaban J connectivity index is 1.02. The molecule has 2 heterocycles. The van der Waals surface area contributed by atoms with E-state index in [9.17, 15) is 0 Å². The SMILES string of the molecule is c1ccc(-c2cccc(-c3nc(-c4ccccc4)cc(-c4cccc(-c5ccc(-c6nc7ccccc7c7c8ccccc8c8ccccc8c67)cc5)c4)n3)c2)cc1. The van der Waals surface area contributed by atoms with Crippen LogP contribution in [0.3, 0.4) is 0 Å². The van der Waals surface area contributed by atoms with Crippen LogP contribution in [0.5, 0.6) is 0 Å². The van der Waals surface area contributed by atoms with E-state index in [1.54, 1.807) is 0 Å². The lowest BCUT2D eigenvalue weighted by molar-refractivity contribution is 1.18. The molecule has 11 rings (SSSR count). The summed E-state index contributed by atoms with van der Waals surface area (Å²) in [5.41, 5.74) is 12.4. The van der Waals surface area contributed by atoms with Crippen molar-refractivity contribution in [2.45, 2.75) is 0 Å². The van der Waals surface area contributed by atoms with Gasteiger partial charge in [-0.2, -0.15) is 0 Å². The summed E-state index contributed by atoms with van der Waals surface area (Å²) in [6.07, 6.45) is 0. The lowest BCUT2D eigenvalue weighted by atomic mass is 9.89. The van der Waals surface area contributed by atoms with E-state index < -0.39 is 0 Å². The smallest absolute Gasteiger partial charge is 0.160 e. The van der Waals surface area contributed by atoms with Gasteiger partial charge in [-0.25, -0.2) is 15.0 Å². The second-order valence-corrected chi connectivity index (χ2v) is 14.8. The first-order valence-corrected chi connectivity index (χ1v) is 19.7. The lowest BCUT2D eigenvalue weighted by Crippen LogP contribution is -1.96. The molecule has 0 saturated carbocycles. The molecule has 0 aliphatic heterocycles. The van der Waals surface area contributed by atoms with Crippen LogP contribution in [0, 0.1) is 0 Å². The lowest BCUT2D eigenvalue weighted by Gasteiger charge is -2.16. The summed E-state index contributed by atoms with van der Waals surface area (Å²) in [7, 11) is 0. The molecule has 0 aliphatic rings. The van der Waals surface area contributed by atoms with Crippen LogP contribution in [0.15, 0.2) is 212 Å². The van der Waals surface area contributed by atoms with Crippen LogP contribution in [-0.4, -0.2) is 15.0 Å². The van der Waals surface area contributed by atoms with Gasteiger partial charge in [-0.15, -0.1) is 0 Å².